The molecule has 0 bridgehead atoms. The second kappa shape index (κ2) is 5.43. The van der Waals surface area contributed by atoms with Crippen LogP contribution in [0.5, 0.6) is 0 Å². The Kier molecular flexibility index (Phi) is 4.50. The van der Waals surface area contributed by atoms with Gasteiger partial charge < -0.3 is 4.90 Å². The minimum atomic E-state index is 0.668. The Labute approximate surface area is 89.2 Å². The summed E-state index contributed by atoms with van der Waals surface area (Å²) in [4.78, 5) is 2.49. The summed E-state index contributed by atoms with van der Waals surface area (Å²) >= 11 is 0. The average Bonchev–Trinajstić information content (AvgIpc) is 2.17. The normalized spacial score (nSPS) is 20.2. The van der Waals surface area contributed by atoms with E-state index in [0.717, 1.165) is 6.04 Å². The van der Waals surface area contributed by atoms with Crippen molar-refractivity contribution in [3.05, 3.63) is 11.8 Å². The smallest absolute Gasteiger partial charge is 0.0283 e. The summed E-state index contributed by atoms with van der Waals surface area (Å²) in [5, 5.41) is 0. The van der Waals surface area contributed by atoms with Crippen LogP contribution in [0, 0.1) is 5.92 Å². The summed E-state index contributed by atoms with van der Waals surface area (Å²) in [6.45, 7) is 6.74. The third-order valence-electron chi connectivity index (χ3n) is 3.25. The zero-order chi connectivity index (χ0) is 10.6. The molecule has 0 aromatic heterocycles. The molecule has 82 valence electrons. The lowest BCUT2D eigenvalue weighted by Crippen LogP contribution is -2.32. The molecular weight excluding hydrogens is 170 g/mol. The molecule has 0 N–H and O–H groups in total. The highest BCUT2D eigenvalue weighted by Gasteiger charge is 2.17. The van der Waals surface area contributed by atoms with Crippen molar-refractivity contribution in [2.75, 3.05) is 7.05 Å². The Balaban J connectivity index is 2.49. The van der Waals surface area contributed by atoms with Crippen LogP contribution in [-0.4, -0.2) is 18.0 Å². The van der Waals surface area contributed by atoms with Gasteiger partial charge in [0.2, 0.25) is 0 Å². The quantitative estimate of drug-likeness (QED) is 0.662. The fourth-order valence-electron chi connectivity index (χ4n) is 2.36. The lowest BCUT2D eigenvalue weighted by molar-refractivity contribution is 0.235. The lowest BCUT2D eigenvalue weighted by atomic mass is 9.94. The van der Waals surface area contributed by atoms with Gasteiger partial charge in [0.05, 0.1) is 0 Å². The number of allylic oxidation sites excluding steroid dienone is 2. The molecule has 0 saturated heterocycles. The van der Waals surface area contributed by atoms with E-state index in [1.807, 2.05) is 0 Å². The Morgan fingerprint density at radius 1 is 1.21 bits per heavy atom. The summed E-state index contributed by atoms with van der Waals surface area (Å²) in [5.74, 6) is 0.668. The highest BCUT2D eigenvalue weighted by molar-refractivity contribution is 5.00. The van der Waals surface area contributed by atoms with Gasteiger partial charge in [-0.25, -0.2) is 0 Å². The predicted octanol–water partition coefficient (Wildman–Crippen LogP) is 3.81. The number of hydrogen-bond acceptors (Lipinski definition) is 1. The molecule has 1 rings (SSSR count). The van der Waals surface area contributed by atoms with E-state index in [4.69, 9.17) is 0 Å². The Morgan fingerprint density at radius 2 is 1.79 bits per heavy atom. The molecule has 0 heterocycles. The zero-order valence-corrected chi connectivity index (χ0v) is 10.2. The maximum Gasteiger partial charge on any atom is 0.0283 e. The van der Waals surface area contributed by atoms with Crippen molar-refractivity contribution in [1.29, 1.82) is 0 Å². The van der Waals surface area contributed by atoms with Crippen molar-refractivity contribution >= 4 is 0 Å². The van der Waals surface area contributed by atoms with Crippen molar-refractivity contribution in [2.45, 2.75) is 58.9 Å². The van der Waals surface area contributed by atoms with Gasteiger partial charge >= 0.3 is 0 Å². The first-order chi connectivity index (χ1) is 6.61. The fraction of sp³-hybridized carbons (Fsp3) is 0.846. The summed E-state index contributed by atoms with van der Waals surface area (Å²) < 4.78 is 0. The van der Waals surface area contributed by atoms with E-state index in [-0.39, 0.29) is 0 Å². The monoisotopic (exact) mass is 195 g/mol. The molecule has 0 aromatic carbocycles. The van der Waals surface area contributed by atoms with Crippen molar-refractivity contribution < 1.29 is 0 Å². The van der Waals surface area contributed by atoms with Crippen LogP contribution in [0.25, 0.3) is 0 Å². The SMILES string of the molecule is C/C(=C/C(C)C)N(C)C1CCCCC1. The average molecular weight is 195 g/mol. The van der Waals surface area contributed by atoms with Crippen LogP contribution in [0.3, 0.4) is 0 Å². The molecule has 1 fully saturated rings. The van der Waals surface area contributed by atoms with Crippen LogP contribution in [-0.2, 0) is 0 Å². The Bertz CT molecular complexity index is 187. The van der Waals surface area contributed by atoms with Crippen molar-refractivity contribution in [3.8, 4) is 0 Å². The molecule has 0 aromatic rings. The van der Waals surface area contributed by atoms with Crippen molar-refractivity contribution in [1.82, 2.24) is 4.90 Å². The summed E-state index contributed by atoms with van der Waals surface area (Å²) in [7, 11) is 2.25. The molecule has 0 amide bonds. The third kappa shape index (κ3) is 3.36. The summed E-state index contributed by atoms with van der Waals surface area (Å²) in [6, 6.07) is 0.804. The largest absolute Gasteiger partial charge is 0.375 e. The van der Waals surface area contributed by atoms with Gasteiger partial charge in [-0.15, -0.1) is 0 Å². The second-order valence-corrected chi connectivity index (χ2v) is 4.95. The van der Waals surface area contributed by atoms with Crippen LogP contribution < -0.4 is 0 Å². The van der Waals surface area contributed by atoms with Gasteiger partial charge in [0.25, 0.3) is 0 Å². The minimum Gasteiger partial charge on any atom is -0.375 e. The first-order valence-corrected chi connectivity index (χ1v) is 6.02. The first-order valence-electron chi connectivity index (χ1n) is 6.02. The summed E-state index contributed by atoms with van der Waals surface area (Å²) in [6.07, 6.45) is 9.43. The van der Waals surface area contributed by atoms with E-state index in [1.54, 1.807) is 0 Å². The van der Waals surface area contributed by atoms with Gasteiger partial charge in [0.15, 0.2) is 0 Å². The van der Waals surface area contributed by atoms with E-state index < -0.39 is 0 Å². The molecule has 0 unspecified atom stereocenters. The molecule has 0 spiro atoms. The lowest BCUT2D eigenvalue weighted by Gasteiger charge is -2.33. The van der Waals surface area contributed by atoms with E-state index in [1.165, 1.54) is 37.8 Å². The molecular formula is C13H25N. The molecule has 0 radical (unpaired) electrons. The Morgan fingerprint density at radius 3 is 2.29 bits per heavy atom. The molecule has 0 aliphatic heterocycles. The van der Waals surface area contributed by atoms with Gasteiger partial charge in [-0.3, -0.25) is 0 Å². The first kappa shape index (κ1) is 11.6. The molecule has 1 saturated carbocycles. The molecule has 1 nitrogen and oxygen atoms in total. The maximum absolute atomic E-state index is 2.49. The standard InChI is InChI=1S/C13H25N/c1-11(2)10-12(3)14(4)13-8-6-5-7-9-13/h10-11,13H,5-9H2,1-4H3/b12-10-. The van der Waals surface area contributed by atoms with Gasteiger partial charge in [0.1, 0.15) is 0 Å². The Hall–Kier alpha value is -0.460. The van der Waals surface area contributed by atoms with E-state index in [9.17, 15) is 0 Å². The molecule has 1 heteroatoms. The predicted molar refractivity (Wildman–Crippen MR) is 63.2 cm³/mol. The van der Waals surface area contributed by atoms with Crippen LogP contribution in [0.2, 0.25) is 0 Å². The molecule has 1 aliphatic rings. The number of rotatable bonds is 3. The number of nitrogens with zero attached hydrogens (tertiary/aromatic N) is 1. The van der Waals surface area contributed by atoms with Crippen molar-refractivity contribution in [3.63, 3.8) is 0 Å². The molecule has 14 heavy (non-hydrogen) atoms. The third-order valence-corrected chi connectivity index (χ3v) is 3.25. The van der Waals surface area contributed by atoms with Crippen LogP contribution in [0.15, 0.2) is 11.8 Å². The minimum absolute atomic E-state index is 0.668. The van der Waals surface area contributed by atoms with Crippen LogP contribution >= 0.6 is 0 Å². The topological polar surface area (TPSA) is 3.24 Å². The highest BCUT2D eigenvalue weighted by atomic mass is 15.1. The van der Waals surface area contributed by atoms with Gasteiger partial charge in [-0.1, -0.05) is 39.2 Å². The summed E-state index contributed by atoms with van der Waals surface area (Å²) in [5.41, 5.74) is 1.45. The van der Waals surface area contributed by atoms with Gasteiger partial charge in [0, 0.05) is 18.8 Å². The van der Waals surface area contributed by atoms with E-state index >= 15 is 0 Å². The van der Waals surface area contributed by atoms with Gasteiger partial charge in [-0.2, -0.15) is 0 Å². The molecule has 0 atom stereocenters. The van der Waals surface area contributed by atoms with E-state index in [0.29, 0.717) is 5.92 Å². The maximum atomic E-state index is 2.49. The second-order valence-electron chi connectivity index (χ2n) is 4.95. The van der Waals surface area contributed by atoms with Crippen LogP contribution in [0.4, 0.5) is 0 Å². The molecule has 1 aliphatic carbocycles. The van der Waals surface area contributed by atoms with Crippen LogP contribution in [0.1, 0.15) is 52.9 Å². The van der Waals surface area contributed by atoms with Gasteiger partial charge in [-0.05, 0) is 25.7 Å². The van der Waals surface area contributed by atoms with Crippen molar-refractivity contribution in [2.24, 2.45) is 5.92 Å². The zero-order valence-electron chi connectivity index (χ0n) is 10.2. The number of hydrogen-bond donors (Lipinski definition) is 0. The van der Waals surface area contributed by atoms with E-state index in [2.05, 4.69) is 38.8 Å². The highest BCUT2D eigenvalue weighted by Crippen LogP contribution is 2.24. The fourth-order valence-corrected chi connectivity index (χ4v) is 2.36.